The lowest BCUT2D eigenvalue weighted by Crippen LogP contribution is -2.14. The molecule has 0 aliphatic rings. The molecule has 3 nitrogen and oxygen atoms in total. The minimum Gasteiger partial charge on any atom is -0.491 e. The van der Waals surface area contributed by atoms with Gasteiger partial charge in [0.05, 0.1) is 6.10 Å². The van der Waals surface area contributed by atoms with E-state index >= 15 is 0 Å². The third-order valence-electron chi connectivity index (χ3n) is 3.50. The summed E-state index contributed by atoms with van der Waals surface area (Å²) in [6, 6.07) is 15.2. The number of anilines is 1. The van der Waals surface area contributed by atoms with E-state index in [1.165, 1.54) is 5.56 Å². The Morgan fingerprint density at radius 1 is 0.957 bits per heavy atom. The van der Waals surface area contributed by atoms with Gasteiger partial charge in [0.25, 0.3) is 5.91 Å². The third-order valence-corrected chi connectivity index (χ3v) is 3.50. The summed E-state index contributed by atoms with van der Waals surface area (Å²) < 4.78 is 5.59. The monoisotopic (exact) mass is 311 g/mol. The molecule has 23 heavy (non-hydrogen) atoms. The standard InChI is InChI=1S/C20H25NO2/c1-14(2)23-18-12-10-17(11-13-18)21-19(22)15-6-8-16(9-7-15)20(3,4)5/h6-14H,1-5H3,(H,21,22). The highest BCUT2D eigenvalue weighted by Gasteiger charge is 2.14. The van der Waals surface area contributed by atoms with Crippen LogP contribution in [0.3, 0.4) is 0 Å². The Balaban J connectivity index is 2.04. The van der Waals surface area contributed by atoms with Crippen LogP contribution in [-0.4, -0.2) is 12.0 Å². The molecule has 0 aliphatic carbocycles. The van der Waals surface area contributed by atoms with Gasteiger partial charge in [0.15, 0.2) is 0 Å². The molecule has 2 aromatic rings. The summed E-state index contributed by atoms with van der Waals surface area (Å²) in [5.41, 5.74) is 2.71. The van der Waals surface area contributed by atoms with Gasteiger partial charge in [0, 0.05) is 11.3 Å². The maximum absolute atomic E-state index is 12.3. The molecule has 0 radical (unpaired) electrons. The molecule has 1 amide bonds. The highest BCUT2D eigenvalue weighted by Crippen LogP contribution is 2.23. The molecule has 122 valence electrons. The molecule has 0 aliphatic heterocycles. The van der Waals surface area contributed by atoms with E-state index in [4.69, 9.17) is 4.74 Å². The third kappa shape index (κ3) is 4.85. The minimum atomic E-state index is -0.108. The average Bonchev–Trinajstić information content (AvgIpc) is 2.48. The molecule has 0 aromatic heterocycles. The molecular weight excluding hydrogens is 286 g/mol. The van der Waals surface area contributed by atoms with Gasteiger partial charge in [-0.1, -0.05) is 32.9 Å². The van der Waals surface area contributed by atoms with Gasteiger partial charge in [-0.3, -0.25) is 4.79 Å². The number of carbonyl (C=O) groups is 1. The number of ether oxygens (including phenoxy) is 1. The molecule has 0 fully saturated rings. The fourth-order valence-corrected chi connectivity index (χ4v) is 2.21. The number of carbonyl (C=O) groups excluding carboxylic acids is 1. The van der Waals surface area contributed by atoms with E-state index in [-0.39, 0.29) is 17.4 Å². The first-order valence-electron chi connectivity index (χ1n) is 7.94. The van der Waals surface area contributed by atoms with Crippen LogP contribution in [0.15, 0.2) is 48.5 Å². The van der Waals surface area contributed by atoms with Gasteiger partial charge >= 0.3 is 0 Å². The van der Waals surface area contributed by atoms with Gasteiger partial charge in [-0.25, -0.2) is 0 Å². The van der Waals surface area contributed by atoms with Crippen molar-refractivity contribution in [1.82, 2.24) is 0 Å². The molecule has 0 atom stereocenters. The largest absolute Gasteiger partial charge is 0.491 e. The van der Waals surface area contributed by atoms with E-state index in [0.29, 0.717) is 5.56 Å². The molecule has 0 heterocycles. The Hall–Kier alpha value is -2.29. The summed E-state index contributed by atoms with van der Waals surface area (Å²) >= 11 is 0. The SMILES string of the molecule is CC(C)Oc1ccc(NC(=O)c2ccc(C(C)(C)C)cc2)cc1. The first kappa shape index (κ1) is 17.1. The molecule has 3 heteroatoms. The zero-order valence-corrected chi connectivity index (χ0v) is 14.5. The topological polar surface area (TPSA) is 38.3 Å². The summed E-state index contributed by atoms with van der Waals surface area (Å²) in [6.45, 7) is 10.4. The molecule has 2 aromatic carbocycles. The lowest BCUT2D eigenvalue weighted by Gasteiger charge is -2.19. The van der Waals surface area contributed by atoms with E-state index in [0.717, 1.165) is 11.4 Å². The van der Waals surface area contributed by atoms with Crippen LogP contribution in [0.1, 0.15) is 50.5 Å². The van der Waals surface area contributed by atoms with Gasteiger partial charge in [0.2, 0.25) is 0 Å². The fraction of sp³-hybridized carbons (Fsp3) is 0.350. The molecule has 0 spiro atoms. The highest BCUT2D eigenvalue weighted by atomic mass is 16.5. The summed E-state index contributed by atoms with van der Waals surface area (Å²) in [7, 11) is 0. The van der Waals surface area contributed by atoms with E-state index in [1.54, 1.807) is 0 Å². The Morgan fingerprint density at radius 3 is 2.00 bits per heavy atom. The molecule has 0 saturated carbocycles. The van der Waals surface area contributed by atoms with Crippen LogP contribution >= 0.6 is 0 Å². The van der Waals surface area contributed by atoms with Gasteiger partial charge < -0.3 is 10.1 Å². The van der Waals surface area contributed by atoms with Crippen LogP contribution in [0, 0.1) is 0 Å². The number of nitrogens with one attached hydrogen (secondary N) is 1. The maximum atomic E-state index is 12.3. The van der Waals surface area contributed by atoms with Crippen LogP contribution in [0.25, 0.3) is 0 Å². The average molecular weight is 311 g/mol. The number of hydrogen-bond donors (Lipinski definition) is 1. The van der Waals surface area contributed by atoms with Crippen molar-refractivity contribution < 1.29 is 9.53 Å². The van der Waals surface area contributed by atoms with Crippen molar-refractivity contribution in [2.75, 3.05) is 5.32 Å². The molecule has 0 bridgehead atoms. The van der Waals surface area contributed by atoms with Gasteiger partial charge in [-0.2, -0.15) is 0 Å². The minimum absolute atomic E-state index is 0.0846. The number of benzene rings is 2. The predicted octanol–water partition coefficient (Wildman–Crippen LogP) is 5.02. The summed E-state index contributed by atoms with van der Waals surface area (Å²) in [5.74, 6) is 0.690. The molecule has 0 unspecified atom stereocenters. The summed E-state index contributed by atoms with van der Waals surface area (Å²) in [4.78, 5) is 12.3. The zero-order valence-electron chi connectivity index (χ0n) is 14.5. The van der Waals surface area contributed by atoms with Crippen molar-refractivity contribution in [1.29, 1.82) is 0 Å². The Morgan fingerprint density at radius 2 is 1.52 bits per heavy atom. The van der Waals surface area contributed by atoms with Crippen molar-refractivity contribution in [3.8, 4) is 5.75 Å². The van der Waals surface area contributed by atoms with Crippen molar-refractivity contribution in [2.45, 2.75) is 46.1 Å². The highest BCUT2D eigenvalue weighted by molar-refractivity contribution is 6.04. The Kier molecular flexibility index (Phi) is 5.09. The second-order valence-corrected chi connectivity index (χ2v) is 6.97. The fourth-order valence-electron chi connectivity index (χ4n) is 2.21. The molecule has 0 saturated heterocycles. The second-order valence-electron chi connectivity index (χ2n) is 6.97. The lowest BCUT2D eigenvalue weighted by atomic mass is 9.87. The zero-order chi connectivity index (χ0) is 17.0. The van der Waals surface area contributed by atoms with E-state index in [2.05, 4.69) is 26.1 Å². The quantitative estimate of drug-likeness (QED) is 0.860. The van der Waals surface area contributed by atoms with Crippen molar-refractivity contribution in [3.05, 3.63) is 59.7 Å². The van der Waals surface area contributed by atoms with Crippen LogP contribution in [0.5, 0.6) is 5.75 Å². The van der Waals surface area contributed by atoms with Crippen molar-refractivity contribution in [3.63, 3.8) is 0 Å². The van der Waals surface area contributed by atoms with E-state index in [1.807, 2.05) is 62.4 Å². The summed E-state index contributed by atoms with van der Waals surface area (Å²) in [5, 5.41) is 2.90. The smallest absolute Gasteiger partial charge is 0.255 e. The first-order valence-corrected chi connectivity index (χ1v) is 7.94. The van der Waals surface area contributed by atoms with Crippen LogP contribution < -0.4 is 10.1 Å². The van der Waals surface area contributed by atoms with Crippen LogP contribution in [0.4, 0.5) is 5.69 Å². The number of hydrogen-bond acceptors (Lipinski definition) is 2. The maximum Gasteiger partial charge on any atom is 0.255 e. The van der Waals surface area contributed by atoms with Gasteiger partial charge in [-0.05, 0) is 61.2 Å². The van der Waals surface area contributed by atoms with Crippen LogP contribution in [-0.2, 0) is 5.41 Å². The Labute approximate surface area is 138 Å². The molecule has 2 rings (SSSR count). The Bertz CT molecular complexity index is 650. The first-order chi connectivity index (χ1) is 10.8. The van der Waals surface area contributed by atoms with Gasteiger partial charge in [-0.15, -0.1) is 0 Å². The number of amides is 1. The molecular formula is C20H25NO2. The van der Waals surface area contributed by atoms with Crippen LogP contribution in [0.2, 0.25) is 0 Å². The van der Waals surface area contributed by atoms with Crippen molar-refractivity contribution >= 4 is 11.6 Å². The van der Waals surface area contributed by atoms with Gasteiger partial charge in [0.1, 0.15) is 5.75 Å². The lowest BCUT2D eigenvalue weighted by molar-refractivity contribution is 0.102. The number of rotatable bonds is 4. The normalized spacial score (nSPS) is 11.4. The van der Waals surface area contributed by atoms with E-state index < -0.39 is 0 Å². The predicted molar refractivity (Wildman–Crippen MR) is 95.3 cm³/mol. The summed E-state index contributed by atoms with van der Waals surface area (Å²) in [6.07, 6.45) is 0.136. The molecule has 1 N–H and O–H groups in total. The van der Waals surface area contributed by atoms with E-state index in [9.17, 15) is 4.79 Å². The van der Waals surface area contributed by atoms with Crippen molar-refractivity contribution in [2.24, 2.45) is 0 Å². The second kappa shape index (κ2) is 6.86.